The number of anilines is 1. The van der Waals surface area contributed by atoms with E-state index in [1.807, 2.05) is 39.2 Å². The molecule has 3 aromatic rings. The van der Waals surface area contributed by atoms with Crippen LogP contribution in [0.2, 0.25) is 0 Å². The van der Waals surface area contributed by atoms with Gasteiger partial charge in [0.1, 0.15) is 0 Å². The minimum absolute atomic E-state index is 0.180. The van der Waals surface area contributed by atoms with Crippen LogP contribution in [0.5, 0.6) is 0 Å². The number of hydrogen-bond donors (Lipinski definition) is 0. The van der Waals surface area contributed by atoms with Crippen LogP contribution >= 0.6 is 11.3 Å². The molecule has 2 aromatic carbocycles. The second-order valence-corrected chi connectivity index (χ2v) is 10.4. The molecule has 0 aliphatic carbocycles. The van der Waals surface area contributed by atoms with Crippen molar-refractivity contribution < 1.29 is 13.2 Å². The second kappa shape index (κ2) is 8.61. The Morgan fingerprint density at radius 3 is 2.34 bits per heavy atom. The zero-order valence-corrected chi connectivity index (χ0v) is 18.7. The number of carbonyl (C=O) groups is 1. The lowest BCUT2D eigenvalue weighted by Crippen LogP contribution is -2.33. The monoisotopic (exact) mass is 431 g/mol. The van der Waals surface area contributed by atoms with Gasteiger partial charge in [-0.2, -0.15) is 0 Å². The molecule has 154 valence electrons. The summed E-state index contributed by atoms with van der Waals surface area (Å²) in [5.74, 6) is -0.180. The van der Waals surface area contributed by atoms with Crippen molar-refractivity contribution in [2.75, 3.05) is 38.3 Å². The van der Waals surface area contributed by atoms with E-state index in [9.17, 15) is 13.2 Å². The highest BCUT2D eigenvalue weighted by molar-refractivity contribution is 7.90. The Hall–Kier alpha value is -2.29. The number of aryl methyl sites for hydroxylation is 1. The first-order chi connectivity index (χ1) is 13.7. The molecule has 8 heteroatoms. The zero-order chi connectivity index (χ0) is 21.2. The van der Waals surface area contributed by atoms with Gasteiger partial charge in [-0.05, 0) is 69.9 Å². The van der Waals surface area contributed by atoms with Crippen LogP contribution in [0.4, 0.5) is 5.13 Å². The average Bonchev–Trinajstić information content (AvgIpc) is 3.09. The summed E-state index contributed by atoms with van der Waals surface area (Å²) in [7, 11) is 0.690. The van der Waals surface area contributed by atoms with Gasteiger partial charge in [-0.15, -0.1) is 0 Å². The first kappa shape index (κ1) is 21.4. The summed E-state index contributed by atoms with van der Waals surface area (Å²) in [6, 6.07) is 12.1. The Labute approximate surface area is 175 Å². The first-order valence-corrected chi connectivity index (χ1v) is 12.0. The molecular weight excluding hydrogens is 406 g/mol. The number of carbonyl (C=O) groups excluding carboxylic acids is 1. The van der Waals surface area contributed by atoms with Gasteiger partial charge in [0.15, 0.2) is 15.0 Å². The van der Waals surface area contributed by atoms with Crippen LogP contribution in [-0.4, -0.2) is 57.6 Å². The summed E-state index contributed by atoms with van der Waals surface area (Å²) in [5.41, 5.74) is 2.42. The first-order valence-electron chi connectivity index (χ1n) is 9.29. The molecule has 29 heavy (non-hydrogen) atoms. The Bertz CT molecular complexity index is 1120. The molecule has 1 aromatic heterocycles. The van der Waals surface area contributed by atoms with E-state index in [-0.39, 0.29) is 10.8 Å². The number of thiazole rings is 1. The van der Waals surface area contributed by atoms with Crippen molar-refractivity contribution in [3.05, 3.63) is 53.6 Å². The maximum Gasteiger partial charge on any atom is 0.260 e. The molecule has 0 aliphatic rings. The molecular formula is C21H25N3O3S2. The van der Waals surface area contributed by atoms with Gasteiger partial charge >= 0.3 is 0 Å². The van der Waals surface area contributed by atoms with E-state index in [0.717, 1.165) is 35.0 Å². The third-order valence-electron chi connectivity index (χ3n) is 4.60. The molecule has 0 saturated carbocycles. The molecule has 0 saturated heterocycles. The minimum atomic E-state index is -3.30. The molecule has 6 nitrogen and oxygen atoms in total. The predicted molar refractivity (Wildman–Crippen MR) is 119 cm³/mol. The fraction of sp³-hybridized carbons (Fsp3) is 0.333. The molecule has 1 heterocycles. The Morgan fingerprint density at radius 2 is 1.76 bits per heavy atom. The third kappa shape index (κ3) is 5.01. The molecule has 0 spiro atoms. The number of sulfone groups is 1. The molecule has 0 unspecified atom stereocenters. The SMILES string of the molecule is Cc1cccc2sc(N(CCCN(C)C)C(=O)c3ccc(S(C)(=O)=O)cc3)nc12. The van der Waals surface area contributed by atoms with Crippen molar-refractivity contribution in [3.63, 3.8) is 0 Å². The van der Waals surface area contributed by atoms with Crippen molar-refractivity contribution in [1.29, 1.82) is 0 Å². The summed E-state index contributed by atoms with van der Waals surface area (Å²) < 4.78 is 24.4. The van der Waals surface area contributed by atoms with Gasteiger partial charge in [-0.1, -0.05) is 23.5 Å². The van der Waals surface area contributed by atoms with E-state index in [1.54, 1.807) is 17.0 Å². The number of benzene rings is 2. The van der Waals surface area contributed by atoms with Gasteiger partial charge in [0.25, 0.3) is 5.91 Å². The molecule has 0 aliphatic heterocycles. The van der Waals surface area contributed by atoms with Crippen LogP contribution < -0.4 is 4.90 Å². The Kier molecular flexibility index (Phi) is 6.36. The van der Waals surface area contributed by atoms with E-state index in [4.69, 9.17) is 4.98 Å². The number of aromatic nitrogens is 1. The summed E-state index contributed by atoms with van der Waals surface area (Å²) in [5, 5.41) is 0.658. The molecule has 0 bridgehead atoms. The van der Waals surface area contributed by atoms with Gasteiger partial charge < -0.3 is 4.90 Å². The lowest BCUT2D eigenvalue weighted by atomic mass is 10.2. The number of fused-ring (bicyclic) bond motifs is 1. The summed E-state index contributed by atoms with van der Waals surface area (Å²) in [6.07, 6.45) is 1.95. The molecule has 0 N–H and O–H groups in total. The maximum absolute atomic E-state index is 13.3. The molecule has 1 amide bonds. The van der Waals surface area contributed by atoms with Gasteiger partial charge in [0.2, 0.25) is 0 Å². The number of amides is 1. The second-order valence-electron chi connectivity index (χ2n) is 7.33. The van der Waals surface area contributed by atoms with E-state index in [1.165, 1.54) is 23.5 Å². The number of hydrogen-bond acceptors (Lipinski definition) is 6. The molecule has 0 atom stereocenters. The minimum Gasteiger partial charge on any atom is -0.309 e. The van der Waals surface area contributed by atoms with Crippen molar-refractivity contribution in [2.45, 2.75) is 18.2 Å². The van der Waals surface area contributed by atoms with Crippen LogP contribution in [0.1, 0.15) is 22.3 Å². The lowest BCUT2D eigenvalue weighted by molar-refractivity contribution is 0.0986. The van der Waals surface area contributed by atoms with E-state index in [2.05, 4.69) is 4.90 Å². The predicted octanol–water partition coefficient (Wildman–Crippen LogP) is 3.61. The zero-order valence-electron chi connectivity index (χ0n) is 17.0. The fourth-order valence-electron chi connectivity index (χ4n) is 3.02. The van der Waals surface area contributed by atoms with Crippen LogP contribution in [0, 0.1) is 6.92 Å². The molecule has 0 fully saturated rings. The van der Waals surface area contributed by atoms with Crippen LogP contribution in [0.25, 0.3) is 10.2 Å². The third-order valence-corrected chi connectivity index (χ3v) is 6.77. The van der Waals surface area contributed by atoms with Crippen LogP contribution in [0.15, 0.2) is 47.4 Å². The van der Waals surface area contributed by atoms with Gasteiger partial charge in [-0.25, -0.2) is 13.4 Å². The highest BCUT2D eigenvalue weighted by Crippen LogP contribution is 2.31. The normalized spacial score (nSPS) is 11.9. The van der Waals surface area contributed by atoms with Crippen molar-refractivity contribution in [3.8, 4) is 0 Å². The summed E-state index contributed by atoms with van der Waals surface area (Å²) in [6.45, 7) is 3.39. The highest BCUT2D eigenvalue weighted by atomic mass is 32.2. The van der Waals surface area contributed by atoms with Gasteiger partial charge in [-0.3, -0.25) is 9.69 Å². The van der Waals surface area contributed by atoms with Crippen molar-refractivity contribution in [2.24, 2.45) is 0 Å². The van der Waals surface area contributed by atoms with Crippen molar-refractivity contribution in [1.82, 2.24) is 9.88 Å². The highest BCUT2D eigenvalue weighted by Gasteiger charge is 2.22. The van der Waals surface area contributed by atoms with Crippen LogP contribution in [-0.2, 0) is 9.84 Å². The van der Waals surface area contributed by atoms with Crippen LogP contribution in [0.3, 0.4) is 0 Å². The number of rotatable bonds is 7. The van der Waals surface area contributed by atoms with E-state index < -0.39 is 9.84 Å². The maximum atomic E-state index is 13.3. The Morgan fingerprint density at radius 1 is 1.07 bits per heavy atom. The van der Waals surface area contributed by atoms with Gasteiger partial charge in [0.05, 0.1) is 15.1 Å². The average molecular weight is 432 g/mol. The fourth-order valence-corrected chi connectivity index (χ4v) is 4.72. The quantitative estimate of drug-likeness (QED) is 0.572. The summed E-state index contributed by atoms with van der Waals surface area (Å²) in [4.78, 5) is 22.0. The van der Waals surface area contributed by atoms with Gasteiger partial charge in [0, 0.05) is 18.4 Å². The lowest BCUT2D eigenvalue weighted by Gasteiger charge is -2.21. The summed E-state index contributed by atoms with van der Waals surface area (Å²) >= 11 is 1.49. The molecule has 3 rings (SSSR count). The number of nitrogens with zero attached hydrogens (tertiary/aromatic N) is 3. The Balaban J connectivity index is 1.95. The standard InChI is InChI=1S/C21H25N3O3S2/c1-15-7-5-8-18-19(15)22-21(28-18)24(14-6-13-23(2)3)20(25)16-9-11-17(12-10-16)29(4,26)27/h5,7-12H,6,13-14H2,1-4H3. The molecule has 0 radical (unpaired) electrons. The largest absolute Gasteiger partial charge is 0.309 e. The van der Waals surface area contributed by atoms with E-state index >= 15 is 0 Å². The van der Waals surface area contributed by atoms with E-state index in [0.29, 0.717) is 17.2 Å². The smallest absolute Gasteiger partial charge is 0.260 e. The van der Waals surface area contributed by atoms with Crippen molar-refractivity contribution >= 4 is 42.4 Å². The number of para-hydroxylation sites is 1. The topological polar surface area (TPSA) is 70.6 Å².